The van der Waals surface area contributed by atoms with E-state index in [4.69, 9.17) is 10.2 Å². The molecule has 0 saturated carbocycles. The Morgan fingerprint density at radius 1 is 1.00 bits per heavy atom. The van der Waals surface area contributed by atoms with E-state index in [0.717, 1.165) is 6.42 Å². The molecule has 0 spiro atoms. The van der Waals surface area contributed by atoms with Crippen molar-refractivity contribution in [2.75, 3.05) is 6.61 Å². The van der Waals surface area contributed by atoms with Gasteiger partial charge >= 0.3 is 5.97 Å². The van der Waals surface area contributed by atoms with Crippen molar-refractivity contribution in [1.29, 1.82) is 0 Å². The van der Waals surface area contributed by atoms with Gasteiger partial charge in [0, 0.05) is 17.7 Å². The van der Waals surface area contributed by atoms with Crippen LogP contribution in [0.15, 0.2) is 54.6 Å². The Hall–Kier alpha value is -2.46. The highest BCUT2D eigenvalue weighted by molar-refractivity contribution is 6.09. The zero-order valence-corrected chi connectivity index (χ0v) is 13.4. The number of carbonyl (C=O) groups excluding carboxylic acids is 1. The maximum Gasteiger partial charge on any atom is 0.310 e. The maximum absolute atomic E-state index is 12.2. The van der Waals surface area contributed by atoms with Crippen molar-refractivity contribution >= 4 is 11.8 Å². The van der Waals surface area contributed by atoms with Crippen molar-refractivity contribution in [3.05, 3.63) is 71.3 Å². The third-order valence-electron chi connectivity index (χ3n) is 3.28. The van der Waals surface area contributed by atoms with Crippen LogP contribution in [0.4, 0.5) is 0 Å². The van der Waals surface area contributed by atoms with E-state index in [9.17, 15) is 9.59 Å². The van der Waals surface area contributed by atoms with Gasteiger partial charge in [0.1, 0.15) is 0 Å². The first-order valence-corrected chi connectivity index (χ1v) is 7.54. The molecule has 2 rings (SSSR count). The Bertz CT molecular complexity index is 633. The van der Waals surface area contributed by atoms with E-state index in [2.05, 4.69) is 0 Å². The van der Waals surface area contributed by atoms with Crippen molar-refractivity contribution in [3.63, 3.8) is 0 Å². The predicted octanol–water partition coefficient (Wildman–Crippen LogP) is 3.49. The van der Waals surface area contributed by atoms with Crippen LogP contribution in [0.3, 0.4) is 0 Å². The van der Waals surface area contributed by atoms with E-state index in [1.165, 1.54) is 0 Å². The molecular weight excluding hydrogens is 292 g/mol. The molecule has 0 aliphatic heterocycles. The van der Waals surface area contributed by atoms with Crippen LogP contribution in [0.25, 0.3) is 0 Å². The number of benzene rings is 2. The second kappa shape index (κ2) is 9.54. The van der Waals surface area contributed by atoms with Crippen LogP contribution in [0, 0.1) is 0 Å². The second-order valence-corrected chi connectivity index (χ2v) is 5.10. The summed E-state index contributed by atoms with van der Waals surface area (Å²) in [4.78, 5) is 23.2. The van der Waals surface area contributed by atoms with Gasteiger partial charge in [0.25, 0.3) is 0 Å². The number of rotatable bonds is 5. The van der Waals surface area contributed by atoms with Gasteiger partial charge in [-0.25, -0.2) is 0 Å². The van der Waals surface area contributed by atoms with E-state index in [0.29, 0.717) is 23.3 Å². The van der Waals surface area contributed by atoms with E-state index in [1.807, 2.05) is 13.0 Å². The van der Waals surface area contributed by atoms with Crippen LogP contribution in [0.5, 0.6) is 0 Å². The van der Waals surface area contributed by atoms with Crippen LogP contribution in [-0.2, 0) is 4.79 Å². The minimum absolute atomic E-state index is 0.0972. The molecular formula is C19H22O4. The second-order valence-electron chi connectivity index (χ2n) is 5.10. The third-order valence-corrected chi connectivity index (χ3v) is 3.28. The number of aliphatic hydroxyl groups excluding tert-OH is 1. The molecule has 4 nitrogen and oxygen atoms in total. The molecule has 0 heterocycles. The lowest BCUT2D eigenvalue weighted by Crippen LogP contribution is -2.09. The van der Waals surface area contributed by atoms with Gasteiger partial charge in [-0.15, -0.1) is 0 Å². The van der Waals surface area contributed by atoms with Gasteiger partial charge in [-0.3, -0.25) is 9.59 Å². The van der Waals surface area contributed by atoms with Gasteiger partial charge in [0.2, 0.25) is 0 Å². The topological polar surface area (TPSA) is 74.6 Å². The standard InChI is InChI=1S/C16H14O3.C3H8O/c1-11(16(18)19)13-8-5-9-14(10-13)15(17)12-6-3-2-4-7-12;1-2-3-4/h2-11H,1H3,(H,18,19);4H,2-3H2,1H3. The minimum atomic E-state index is -0.899. The Labute approximate surface area is 136 Å². The van der Waals surface area contributed by atoms with Crippen LogP contribution in [0.1, 0.15) is 47.7 Å². The van der Waals surface area contributed by atoms with Crippen molar-refractivity contribution < 1.29 is 19.8 Å². The fourth-order valence-corrected chi connectivity index (χ4v) is 1.85. The zero-order chi connectivity index (χ0) is 17.2. The highest BCUT2D eigenvalue weighted by Gasteiger charge is 2.16. The van der Waals surface area contributed by atoms with E-state index in [-0.39, 0.29) is 5.78 Å². The molecule has 2 N–H and O–H groups in total. The summed E-state index contributed by atoms with van der Waals surface area (Å²) in [6.45, 7) is 3.86. The first kappa shape index (κ1) is 18.6. The summed E-state index contributed by atoms with van der Waals surface area (Å²) >= 11 is 0. The Morgan fingerprint density at radius 2 is 1.57 bits per heavy atom. The van der Waals surface area contributed by atoms with Gasteiger partial charge in [-0.1, -0.05) is 55.5 Å². The van der Waals surface area contributed by atoms with Gasteiger partial charge < -0.3 is 10.2 Å². The molecule has 0 radical (unpaired) electrons. The number of hydrogen-bond donors (Lipinski definition) is 2. The molecule has 2 aromatic rings. The highest BCUT2D eigenvalue weighted by Crippen LogP contribution is 2.18. The molecule has 0 aliphatic rings. The molecule has 0 saturated heterocycles. The van der Waals surface area contributed by atoms with Crippen molar-refractivity contribution in [1.82, 2.24) is 0 Å². The molecule has 1 unspecified atom stereocenters. The number of aliphatic hydroxyl groups is 1. The Morgan fingerprint density at radius 3 is 2.09 bits per heavy atom. The summed E-state index contributed by atoms with van der Waals surface area (Å²) in [6, 6.07) is 15.7. The van der Waals surface area contributed by atoms with Gasteiger partial charge in [-0.2, -0.15) is 0 Å². The predicted molar refractivity (Wildman–Crippen MR) is 89.7 cm³/mol. The lowest BCUT2D eigenvalue weighted by molar-refractivity contribution is -0.138. The third kappa shape index (κ3) is 5.68. The van der Waals surface area contributed by atoms with E-state index in [1.54, 1.807) is 55.5 Å². The van der Waals surface area contributed by atoms with Crippen molar-refractivity contribution in [3.8, 4) is 0 Å². The summed E-state index contributed by atoms with van der Waals surface area (Å²) in [5.41, 5.74) is 1.74. The monoisotopic (exact) mass is 314 g/mol. The van der Waals surface area contributed by atoms with E-state index < -0.39 is 11.9 Å². The van der Waals surface area contributed by atoms with Crippen LogP contribution >= 0.6 is 0 Å². The fourth-order valence-electron chi connectivity index (χ4n) is 1.85. The molecule has 0 bridgehead atoms. The average Bonchev–Trinajstić information content (AvgIpc) is 2.61. The van der Waals surface area contributed by atoms with Crippen molar-refractivity contribution in [2.45, 2.75) is 26.2 Å². The fraction of sp³-hybridized carbons (Fsp3) is 0.263. The number of carboxylic acid groups (broad SMARTS) is 1. The first-order chi connectivity index (χ1) is 11.0. The summed E-state index contributed by atoms with van der Waals surface area (Å²) in [6.07, 6.45) is 0.875. The molecule has 122 valence electrons. The van der Waals surface area contributed by atoms with Crippen LogP contribution in [0.2, 0.25) is 0 Å². The molecule has 1 atom stereocenters. The first-order valence-electron chi connectivity index (χ1n) is 7.54. The Balaban J connectivity index is 0.000000593. The van der Waals surface area contributed by atoms with Crippen LogP contribution < -0.4 is 0 Å². The summed E-state index contributed by atoms with van der Waals surface area (Å²) < 4.78 is 0. The molecule has 0 fully saturated rings. The number of carboxylic acids is 1. The number of ketones is 1. The maximum atomic E-state index is 12.2. The number of aliphatic carboxylic acids is 1. The average molecular weight is 314 g/mol. The summed E-state index contributed by atoms with van der Waals surface area (Å²) in [7, 11) is 0. The normalized spacial score (nSPS) is 11.1. The molecule has 0 aliphatic carbocycles. The minimum Gasteiger partial charge on any atom is -0.481 e. The molecule has 2 aromatic carbocycles. The largest absolute Gasteiger partial charge is 0.481 e. The molecule has 23 heavy (non-hydrogen) atoms. The molecule has 4 heteroatoms. The quantitative estimate of drug-likeness (QED) is 0.828. The Kier molecular flexibility index (Phi) is 7.71. The molecule has 0 aromatic heterocycles. The van der Waals surface area contributed by atoms with Crippen LogP contribution in [-0.4, -0.2) is 28.6 Å². The SMILES string of the molecule is CC(C(=O)O)c1cccc(C(=O)c2ccccc2)c1.CCCO. The highest BCUT2D eigenvalue weighted by atomic mass is 16.4. The van der Waals surface area contributed by atoms with Crippen molar-refractivity contribution in [2.24, 2.45) is 0 Å². The van der Waals surface area contributed by atoms with Gasteiger partial charge in [0.15, 0.2) is 5.78 Å². The summed E-state index contributed by atoms with van der Waals surface area (Å²) in [5.74, 6) is -1.62. The lowest BCUT2D eigenvalue weighted by Gasteiger charge is -2.08. The van der Waals surface area contributed by atoms with Gasteiger partial charge in [0.05, 0.1) is 5.92 Å². The smallest absolute Gasteiger partial charge is 0.310 e. The summed E-state index contributed by atoms with van der Waals surface area (Å²) in [5, 5.41) is 16.9. The number of hydrogen-bond acceptors (Lipinski definition) is 3. The zero-order valence-electron chi connectivity index (χ0n) is 13.4. The lowest BCUT2D eigenvalue weighted by atomic mass is 9.96. The number of carbonyl (C=O) groups is 2. The van der Waals surface area contributed by atoms with Gasteiger partial charge in [-0.05, 0) is 25.0 Å². The van der Waals surface area contributed by atoms with E-state index >= 15 is 0 Å². The molecule has 0 amide bonds.